The minimum Gasteiger partial charge on any atom is -0.329 e. The van der Waals surface area contributed by atoms with Crippen molar-refractivity contribution in [3.05, 3.63) is 51.8 Å². The van der Waals surface area contributed by atoms with Gasteiger partial charge in [-0.05, 0) is 30.7 Å². The smallest absolute Gasteiger partial charge is 0.188 e. The number of fused-ring (bicyclic) bond motifs is 1. The van der Waals surface area contributed by atoms with Crippen molar-refractivity contribution in [1.29, 1.82) is 0 Å². The molecule has 1 aromatic heterocycles. The molecule has 0 saturated heterocycles. The van der Waals surface area contributed by atoms with Gasteiger partial charge in [0.05, 0.1) is 25.9 Å². The molecule has 0 aliphatic carbocycles. The normalized spacial score (nSPS) is 11.0. The van der Waals surface area contributed by atoms with Gasteiger partial charge in [-0.25, -0.2) is 9.37 Å². The Hall–Kier alpha value is -1.36. The van der Waals surface area contributed by atoms with Crippen LogP contribution in [0.15, 0.2) is 30.3 Å². The Labute approximate surface area is 129 Å². The standard InChI is InChI=1S/C14H9Cl2FN2S/c1-7-2-4-9(15)13(12(7)16)19-14-18-10-6-8(17)3-5-11(10)20-14/h2-6H,1H3,(H,18,19). The van der Waals surface area contributed by atoms with Crippen molar-refractivity contribution in [3.8, 4) is 0 Å². The van der Waals surface area contributed by atoms with E-state index in [1.807, 2.05) is 13.0 Å². The summed E-state index contributed by atoms with van der Waals surface area (Å²) in [5.41, 5.74) is 2.15. The number of nitrogens with zero attached hydrogens (tertiary/aromatic N) is 1. The SMILES string of the molecule is Cc1ccc(Cl)c(Nc2nc3cc(F)ccc3s2)c1Cl. The molecule has 0 bridgehead atoms. The van der Waals surface area contributed by atoms with Crippen LogP contribution in [0.3, 0.4) is 0 Å². The molecule has 0 saturated carbocycles. The highest BCUT2D eigenvalue weighted by Gasteiger charge is 2.11. The first-order valence-corrected chi connectivity index (χ1v) is 7.39. The molecule has 1 heterocycles. The quantitative estimate of drug-likeness (QED) is 0.644. The highest BCUT2D eigenvalue weighted by Crippen LogP contribution is 2.37. The Kier molecular flexibility index (Phi) is 3.54. The van der Waals surface area contributed by atoms with Crippen LogP contribution in [0.1, 0.15) is 5.56 Å². The molecule has 0 aliphatic heterocycles. The van der Waals surface area contributed by atoms with Gasteiger partial charge in [-0.1, -0.05) is 40.6 Å². The van der Waals surface area contributed by atoms with Gasteiger partial charge in [-0.2, -0.15) is 0 Å². The molecule has 3 aromatic rings. The predicted molar refractivity (Wildman–Crippen MR) is 84.1 cm³/mol. The molecular formula is C14H9Cl2FN2S. The van der Waals surface area contributed by atoms with Crippen LogP contribution < -0.4 is 5.32 Å². The van der Waals surface area contributed by atoms with E-state index in [4.69, 9.17) is 23.2 Å². The maximum absolute atomic E-state index is 13.2. The Morgan fingerprint density at radius 2 is 2.00 bits per heavy atom. The number of halogens is 3. The molecule has 0 fully saturated rings. The molecule has 0 amide bonds. The minimum absolute atomic E-state index is 0.305. The van der Waals surface area contributed by atoms with Crippen molar-refractivity contribution in [2.75, 3.05) is 5.32 Å². The molecule has 0 spiro atoms. The largest absolute Gasteiger partial charge is 0.329 e. The van der Waals surface area contributed by atoms with Crippen molar-refractivity contribution in [2.24, 2.45) is 0 Å². The summed E-state index contributed by atoms with van der Waals surface area (Å²) >= 11 is 13.8. The van der Waals surface area contributed by atoms with Gasteiger partial charge >= 0.3 is 0 Å². The van der Waals surface area contributed by atoms with Crippen molar-refractivity contribution in [2.45, 2.75) is 6.92 Å². The van der Waals surface area contributed by atoms with E-state index < -0.39 is 0 Å². The van der Waals surface area contributed by atoms with Gasteiger partial charge in [0.2, 0.25) is 0 Å². The van der Waals surface area contributed by atoms with Gasteiger partial charge in [-0.3, -0.25) is 0 Å². The average molecular weight is 327 g/mol. The number of aromatic nitrogens is 1. The predicted octanol–water partition coefficient (Wildman–Crippen LogP) is 5.79. The fourth-order valence-electron chi connectivity index (χ4n) is 1.83. The van der Waals surface area contributed by atoms with Gasteiger partial charge in [0.1, 0.15) is 5.82 Å². The molecule has 2 aromatic carbocycles. The zero-order valence-electron chi connectivity index (χ0n) is 10.4. The topological polar surface area (TPSA) is 24.9 Å². The lowest BCUT2D eigenvalue weighted by Gasteiger charge is -2.09. The summed E-state index contributed by atoms with van der Waals surface area (Å²) in [6.45, 7) is 1.90. The second kappa shape index (κ2) is 5.20. The second-order valence-electron chi connectivity index (χ2n) is 4.31. The summed E-state index contributed by atoms with van der Waals surface area (Å²) < 4.78 is 14.1. The number of hydrogen-bond donors (Lipinski definition) is 1. The number of anilines is 2. The molecular weight excluding hydrogens is 318 g/mol. The summed E-state index contributed by atoms with van der Waals surface area (Å²) in [6.07, 6.45) is 0. The van der Waals surface area contributed by atoms with Crippen LogP contribution in [-0.4, -0.2) is 4.98 Å². The Morgan fingerprint density at radius 1 is 1.20 bits per heavy atom. The molecule has 20 heavy (non-hydrogen) atoms. The van der Waals surface area contributed by atoms with Crippen LogP contribution >= 0.6 is 34.5 Å². The zero-order valence-corrected chi connectivity index (χ0v) is 12.7. The third-order valence-electron chi connectivity index (χ3n) is 2.87. The van der Waals surface area contributed by atoms with Crippen LogP contribution in [0.4, 0.5) is 15.2 Å². The molecule has 0 aliphatic rings. The van der Waals surface area contributed by atoms with Gasteiger partial charge < -0.3 is 5.32 Å². The van der Waals surface area contributed by atoms with E-state index in [2.05, 4.69) is 10.3 Å². The second-order valence-corrected chi connectivity index (χ2v) is 6.13. The van der Waals surface area contributed by atoms with Crippen LogP contribution in [0, 0.1) is 12.7 Å². The van der Waals surface area contributed by atoms with Crippen LogP contribution in [0.25, 0.3) is 10.2 Å². The monoisotopic (exact) mass is 326 g/mol. The summed E-state index contributed by atoms with van der Waals surface area (Å²) in [5.74, 6) is -0.305. The fourth-order valence-corrected chi connectivity index (χ4v) is 3.15. The van der Waals surface area contributed by atoms with Crippen LogP contribution in [0.2, 0.25) is 10.0 Å². The molecule has 2 nitrogen and oxygen atoms in total. The van der Waals surface area contributed by atoms with Gasteiger partial charge in [0.15, 0.2) is 5.13 Å². The zero-order chi connectivity index (χ0) is 14.3. The molecule has 0 radical (unpaired) electrons. The van der Waals surface area contributed by atoms with Gasteiger partial charge in [0.25, 0.3) is 0 Å². The van der Waals surface area contributed by atoms with E-state index in [0.29, 0.717) is 26.4 Å². The first kappa shape index (κ1) is 13.6. The van der Waals surface area contributed by atoms with Crippen LogP contribution in [0.5, 0.6) is 0 Å². The number of benzene rings is 2. The molecule has 0 unspecified atom stereocenters. The van der Waals surface area contributed by atoms with E-state index in [0.717, 1.165) is 10.3 Å². The fraction of sp³-hybridized carbons (Fsp3) is 0.0714. The molecule has 3 rings (SSSR count). The van der Waals surface area contributed by atoms with Crippen molar-refractivity contribution in [1.82, 2.24) is 4.98 Å². The van der Waals surface area contributed by atoms with Crippen molar-refractivity contribution >= 4 is 55.6 Å². The van der Waals surface area contributed by atoms with Gasteiger partial charge in [-0.15, -0.1) is 0 Å². The Morgan fingerprint density at radius 3 is 2.80 bits per heavy atom. The number of nitrogens with one attached hydrogen (secondary N) is 1. The molecule has 6 heteroatoms. The number of thiazole rings is 1. The van der Waals surface area contributed by atoms with E-state index in [-0.39, 0.29) is 5.82 Å². The first-order chi connectivity index (χ1) is 9.54. The summed E-state index contributed by atoms with van der Waals surface area (Å²) in [6, 6.07) is 8.14. The Balaban J connectivity index is 2.03. The highest BCUT2D eigenvalue weighted by molar-refractivity contribution is 7.22. The number of rotatable bonds is 2. The van der Waals surface area contributed by atoms with E-state index >= 15 is 0 Å². The minimum atomic E-state index is -0.305. The summed E-state index contributed by atoms with van der Waals surface area (Å²) in [4.78, 5) is 4.33. The maximum atomic E-state index is 13.2. The molecule has 1 N–H and O–H groups in total. The maximum Gasteiger partial charge on any atom is 0.188 e. The first-order valence-electron chi connectivity index (χ1n) is 5.82. The lowest BCUT2D eigenvalue weighted by molar-refractivity contribution is 0.629. The molecule has 102 valence electrons. The van der Waals surface area contributed by atoms with Crippen LogP contribution in [-0.2, 0) is 0 Å². The number of aryl methyl sites for hydroxylation is 1. The van der Waals surface area contributed by atoms with Gasteiger partial charge in [0, 0.05) is 6.07 Å². The highest BCUT2D eigenvalue weighted by atomic mass is 35.5. The summed E-state index contributed by atoms with van der Waals surface area (Å²) in [7, 11) is 0. The lowest BCUT2D eigenvalue weighted by Crippen LogP contribution is -1.93. The Bertz CT molecular complexity index is 801. The molecule has 0 atom stereocenters. The third kappa shape index (κ3) is 2.46. The third-order valence-corrected chi connectivity index (χ3v) is 4.62. The van der Waals surface area contributed by atoms with E-state index in [1.165, 1.54) is 23.5 Å². The number of hydrogen-bond acceptors (Lipinski definition) is 3. The summed E-state index contributed by atoms with van der Waals surface area (Å²) in [5, 5.41) is 4.81. The van der Waals surface area contributed by atoms with Crippen molar-refractivity contribution < 1.29 is 4.39 Å². The van der Waals surface area contributed by atoms with E-state index in [9.17, 15) is 4.39 Å². The van der Waals surface area contributed by atoms with E-state index in [1.54, 1.807) is 12.1 Å². The average Bonchev–Trinajstić information content (AvgIpc) is 2.81. The lowest BCUT2D eigenvalue weighted by atomic mass is 10.2. The van der Waals surface area contributed by atoms with Crippen molar-refractivity contribution in [3.63, 3.8) is 0 Å².